The molecule has 1 aromatic carbocycles. The van der Waals surface area contributed by atoms with Crippen molar-refractivity contribution in [2.24, 2.45) is 5.92 Å². The summed E-state index contributed by atoms with van der Waals surface area (Å²) in [5, 5.41) is 4.60. The fraction of sp³-hybridized carbons (Fsp3) is 0.529. The molecule has 2 atom stereocenters. The van der Waals surface area contributed by atoms with Gasteiger partial charge in [0.1, 0.15) is 0 Å². The molecule has 1 aliphatic heterocycles. The van der Waals surface area contributed by atoms with Crippen molar-refractivity contribution in [2.75, 3.05) is 13.1 Å². The van der Waals surface area contributed by atoms with E-state index in [0.29, 0.717) is 35.4 Å². The summed E-state index contributed by atoms with van der Waals surface area (Å²) in [4.78, 5) is 4.42. The summed E-state index contributed by atoms with van der Waals surface area (Å²) < 4.78 is 32.7. The number of nitrogens with zero attached hydrogens (tertiary/aromatic N) is 3. The molecule has 0 amide bonds. The minimum absolute atomic E-state index is 0.0826. The number of rotatable bonds is 4. The monoisotopic (exact) mass is 381 g/mol. The lowest BCUT2D eigenvalue weighted by atomic mass is 9.80. The van der Waals surface area contributed by atoms with Crippen LogP contribution >= 0.6 is 11.6 Å². The van der Waals surface area contributed by atoms with Gasteiger partial charge >= 0.3 is 0 Å². The first-order valence-electron chi connectivity index (χ1n) is 8.43. The number of hydrogen-bond donors (Lipinski definition) is 0. The number of fused-ring (bicyclic) bond motifs is 1. The highest BCUT2D eigenvalue weighted by Crippen LogP contribution is 2.50. The van der Waals surface area contributed by atoms with E-state index in [4.69, 9.17) is 16.1 Å². The Morgan fingerprint density at radius 1 is 1.40 bits per heavy atom. The summed E-state index contributed by atoms with van der Waals surface area (Å²) in [5.74, 6) is 1.33. The Bertz CT molecular complexity index is 898. The van der Waals surface area contributed by atoms with Crippen LogP contribution in [0.1, 0.15) is 36.5 Å². The summed E-state index contributed by atoms with van der Waals surface area (Å²) in [6, 6.07) is 7.08. The van der Waals surface area contributed by atoms with Gasteiger partial charge in [0.25, 0.3) is 0 Å². The van der Waals surface area contributed by atoms with E-state index in [0.717, 1.165) is 19.3 Å². The van der Waals surface area contributed by atoms with Gasteiger partial charge in [-0.25, -0.2) is 12.7 Å². The van der Waals surface area contributed by atoms with Crippen LogP contribution in [-0.2, 0) is 21.2 Å². The van der Waals surface area contributed by atoms with Crippen molar-refractivity contribution < 1.29 is 12.9 Å². The van der Waals surface area contributed by atoms with Gasteiger partial charge < -0.3 is 4.52 Å². The van der Waals surface area contributed by atoms with E-state index in [1.165, 1.54) is 0 Å². The highest BCUT2D eigenvalue weighted by atomic mass is 35.5. The topological polar surface area (TPSA) is 76.3 Å². The second kappa shape index (κ2) is 6.07. The van der Waals surface area contributed by atoms with Crippen LogP contribution in [-0.4, -0.2) is 36.0 Å². The SMILES string of the molecule is Cc1nc([C@@]23CCC[C@@H]2CN(S(=O)(=O)Cc2ccccc2Cl)C3)no1. The zero-order valence-electron chi connectivity index (χ0n) is 14.0. The molecule has 6 nitrogen and oxygen atoms in total. The average molecular weight is 382 g/mol. The molecular formula is C17H20ClN3O3S. The molecule has 0 radical (unpaired) electrons. The molecule has 1 aliphatic carbocycles. The molecular weight excluding hydrogens is 362 g/mol. The van der Waals surface area contributed by atoms with E-state index in [1.807, 2.05) is 0 Å². The lowest BCUT2D eigenvalue weighted by Gasteiger charge is -2.24. The van der Waals surface area contributed by atoms with Crippen LogP contribution in [0, 0.1) is 12.8 Å². The molecule has 8 heteroatoms. The van der Waals surface area contributed by atoms with Crippen molar-refractivity contribution in [2.45, 2.75) is 37.4 Å². The Hall–Kier alpha value is -1.44. The zero-order valence-corrected chi connectivity index (χ0v) is 15.6. The van der Waals surface area contributed by atoms with Crippen LogP contribution in [0.3, 0.4) is 0 Å². The number of aryl methyl sites for hydroxylation is 1. The van der Waals surface area contributed by atoms with E-state index in [1.54, 1.807) is 35.5 Å². The van der Waals surface area contributed by atoms with Gasteiger partial charge in [-0.2, -0.15) is 4.98 Å². The summed E-state index contributed by atoms with van der Waals surface area (Å²) >= 11 is 6.14. The lowest BCUT2D eigenvalue weighted by molar-refractivity contribution is 0.332. The van der Waals surface area contributed by atoms with Crippen molar-refractivity contribution in [1.29, 1.82) is 0 Å². The van der Waals surface area contributed by atoms with Crippen LogP contribution in [0.15, 0.2) is 28.8 Å². The number of aromatic nitrogens is 2. The predicted molar refractivity (Wildman–Crippen MR) is 93.7 cm³/mol. The number of sulfonamides is 1. The van der Waals surface area contributed by atoms with Gasteiger partial charge in [-0.05, 0) is 30.4 Å². The summed E-state index contributed by atoms with van der Waals surface area (Å²) in [5.41, 5.74) is 0.316. The third-order valence-corrected chi connectivity index (χ3v) is 7.61. The molecule has 0 N–H and O–H groups in total. The molecule has 2 heterocycles. The molecule has 0 unspecified atom stereocenters. The minimum Gasteiger partial charge on any atom is -0.340 e. The molecule has 1 saturated carbocycles. The molecule has 0 bridgehead atoms. The van der Waals surface area contributed by atoms with Crippen molar-refractivity contribution in [3.8, 4) is 0 Å². The van der Waals surface area contributed by atoms with Crippen molar-refractivity contribution in [1.82, 2.24) is 14.4 Å². The van der Waals surface area contributed by atoms with Crippen molar-refractivity contribution >= 4 is 21.6 Å². The summed E-state index contributed by atoms with van der Waals surface area (Å²) in [6.07, 6.45) is 2.96. The normalized spacial score (nSPS) is 26.9. The van der Waals surface area contributed by atoms with Gasteiger partial charge in [0.2, 0.25) is 15.9 Å². The fourth-order valence-electron chi connectivity index (χ4n) is 4.23. The quantitative estimate of drug-likeness (QED) is 0.813. The molecule has 134 valence electrons. The standard InChI is InChI=1S/C17H20ClN3O3S/c1-12-19-16(20-24-12)17-8-4-6-14(17)9-21(11-17)25(22,23)10-13-5-2-3-7-15(13)18/h2-3,5,7,14H,4,6,8-11H2,1H3/t14-,17-/m1/s1. The maximum Gasteiger partial charge on any atom is 0.223 e. The molecule has 25 heavy (non-hydrogen) atoms. The van der Waals surface area contributed by atoms with E-state index in [2.05, 4.69) is 10.1 Å². The van der Waals surface area contributed by atoms with Crippen molar-refractivity contribution in [3.63, 3.8) is 0 Å². The molecule has 2 aliphatic rings. The Morgan fingerprint density at radius 2 is 2.20 bits per heavy atom. The first kappa shape index (κ1) is 17.0. The van der Waals surface area contributed by atoms with Gasteiger partial charge in [-0.1, -0.05) is 41.4 Å². The van der Waals surface area contributed by atoms with Gasteiger partial charge in [-0.3, -0.25) is 0 Å². The maximum absolute atomic E-state index is 13.0. The second-order valence-electron chi connectivity index (χ2n) is 7.02. The zero-order chi connectivity index (χ0) is 17.7. The van der Waals surface area contributed by atoms with Crippen molar-refractivity contribution in [3.05, 3.63) is 46.6 Å². The molecule has 4 rings (SSSR count). The van der Waals surface area contributed by atoms with Crippen LogP contribution in [0.2, 0.25) is 5.02 Å². The lowest BCUT2D eigenvalue weighted by Crippen LogP contribution is -2.36. The average Bonchev–Trinajstić information content (AvgIpc) is 3.23. The Labute approximate surface area is 152 Å². The number of halogens is 1. The fourth-order valence-corrected chi connectivity index (χ4v) is 6.17. The molecule has 0 spiro atoms. The van der Waals surface area contributed by atoms with Crippen LogP contribution in [0.4, 0.5) is 0 Å². The van der Waals surface area contributed by atoms with Gasteiger partial charge in [0.05, 0.1) is 11.2 Å². The molecule has 1 saturated heterocycles. The van der Waals surface area contributed by atoms with E-state index in [9.17, 15) is 8.42 Å². The number of benzene rings is 1. The smallest absolute Gasteiger partial charge is 0.223 e. The number of hydrogen-bond acceptors (Lipinski definition) is 5. The predicted octanol–water partition coefficient (Wildman–Crippen LogP) is 2.91. The largest absolute Gasteiger partial charge is 0.340 e. The van der Waals surface area contributed by atoms with Crippen LogP contribution < -0.4 is 0 Å². The summed E-state index contributed by atoms with van der Waals surface area (Å²) in [7, 11) is -3.45. The Kier molecular flexibility index (Phi) is 4.13. The maximum atomic E-state index is 13.0. The van der Waals surface area contributed by atoms with Gasteiger partial charge in [-0.15, -0.1) is 0 Å². The molecule has 1 aromatic heterocycles. The van der Waals surface area contributed by atoms with Crippen LogP contribution in [0.25, 0.3) is 0 Å². The Balaban J connectivity index is 1.61. The van der Waals surface area contributed by atoms with Gasteiger partial charge in [0.15, 0.2) is 5.82 Å². The minimum atomic E-state index is -3.45. The molecule has 2 aromatic rings. The van der Waals surface area contributed by atoms with Crippen LogP contribution in [0.5, 0.6) is 0 Å². The highest BCUT2D eigenvalue weighted by molar-refractivity contribution is 7.88. The first-order chi connectivity index (χ1) is 11.9. The first-order valence-corrected chi connectivity index (χ1v) is 10.4. The summed E-state index contributed by atoms with van der Waals surface area (Å²) in [6.45, 7) is 2.70. The van der Waals surface area contributed by atoms with E-state index in [-0.39, 0.29) is 17.1 Å². The van der Waals surface area contributed by atoms with E-state index >= 15 is 0 Å². The van der Waals surface area contributed by atoms with E-state index < -0.39 is 10.0 Å². The third-order valence-electron chi connectivity index (χ3n) is 5.50. The third kappa shape index (κ3) is 2.88. The second-order valence-corrected chi connectivity index (χ2v) is 9.40. The highest BCUT2D eigenvalue weighted by Gasteiger charge is 2.55. The molecule has 2 fully saturated rings. The van der Waals surface area contributed by atoms with Gasteiger partial charge in [0, 0.05) is 25.0 Å². The Morgan fingerprint density at radius 3 is 2.92 bits per heavy atom.